The SMILES string of the molecule is CCC(CC)c1ccc(N(Cc2cccc(-c3ccc(COc4cncc(C(=O)O)c4)cn3)c2)C(C)C)cc1. The van der Waals surface area contributed by atoms with Crippen LogP contribution in [-0.4, -0.2) is 27.1 Å². The predicted molar refractivity (Wildman–Crippen MR) is 156 cm³/mol. The fraction of sp³-hybridized carbons (Fsp3) is 0.303. The molecule has 0 bridgehead atoms. The molecule has 0 amide bonds. The Morgan fingerprint density at radius 1 is 0.923 bits per heavy atom. The minimum atomic E-state index is -1.03. The highest BCUT2D eigenvalue weighted by Crippen LogP contribution is 2.28. The molecule has 0 atom stereocenters. The standard InChI is InChI=1S/C33H37N3O3/c1-5-26(6-2)27-11-13-30(14-12-27)36(23(3)4)21-24-8-7-9-28(16-24)32-15-10-25(18-35-32)22-39-31-17-29(33(37)38)19-34-20-31/h7-20,23,26H,5-6,21-22H2,1-4H3,(H,37,38). The van der Waals surface area contributed by atoms with Crippen molar-refractivity contribution in [3.63, 3.8) is 0 Å². The summed E-state index contributed by atoms with van der Waals surface area (Å²) in [7, 11) is 0. The van der Waals surface area contributed by atoms with Gasteiger partial charge < -0.3 is 14.7 Å². The number of anilines is 1. The summed E-state index contributed by atoms with van der Waals surface area (Å²) in [5.74, 6) is -0.00639. The van der Waals surface area contributed by atoms with Crippen molar-refractivity contribution >= 4 is 11.7 Å². The van der Waals surface area contributed by atoms with Gasteiger partial charge in [-0.15, -0.1) is 0 Å². The van der Waals surface area contributed by atoms with Crippen LogP contribution in [0.25, 0.3) is 11.3 Å². The third-order valence-electron chi connectivity index (χ3n) is 7.07. The zero-order valence-corrected chi connectivity index (χ0v) is 23.2. The highest BCUT2D eigenvalue weighted by molar-refractivity contribution is 5.87. The number of hydrogen-bond donors (Lipinski definition) is 1. The van der Waals surface area contributed by atoms with E-state index in [2.05, 4.69) is 91.1 Å². The lowest BCUT2D eigenvalue weighted by Gasteiger charge is -2.30. The van der Waals surface area contributed by atoms with E-state index in [1.54, 1.807) is 6.20 Å². The van der Waals surface area contributed by atoms with E-state index in [4.69, 9.17) is 9.84 Å². The molecule has 39 heavy (non-hydrogen) atoms. The molecule has 0 radical (unpaired) electrons. The number of benzene rings is 2. The largest absolute Gasteiger partial charge is 0.487 e. The molecule has 4 rings (SSSR count). The molecule has 0 unspecified atom stereocenters. The van der Waals surface area contributed by atoms with E-state index in [1.165, 1.54) is 35.3 Å². The number of carboxylic acid groups (broad SMARTS) is 1. The molecule has 0 fully saturated rings. The van der Waals surface area contributed by atoms with Crippen molar-refractivity contribution < 1.29 is 14.6 Å². The molecule has 6 heteroatoms. The second kappa shape index (κ2) is 13.1. The van der Waals surface area contributed by atoms with Crippen LogP contribution in [0.5, 0.6) is 5.75 Å². The van der Waals surface area contributed by atoms with Gasteiger partial charge in [0.25, 0.3) is 0 Å². The van der Waals surface area contributed by atoms with E-state index in [-0.39, 0.29) is 12.2 Å². The molecular weight excluding hydrogens is 486 g/mol. The molecule has 0 saturated heterocycles. The van der Waals surface area contributed by atoms with Crippen molar-refractivity contribution in [2.24, 2.45) is 0 Å². The van der Waals surface area contributed by atoms with Gasteiger partial charge in [-0.2, -0.15) is 0 Å². The van der Waals surface area contributed by atoms with Crippen molar-refractivity contribution in [1.82, 2.24) is 9.97 Å². The maximum atomic E-state index is 11.1. The third-order valence-corrected chi connectivity index (χ3v) is 7.07. The van der Waals surface area contributed by atoms with Crippen LogP contribution in [0, 0.1) is 0 Å². The summed E-state index contributed by atoms with van der Waals surface area (Å²) in [6.45, 7) is 10.1. The minimum absolute atomic E-state index is 0.0931. The molecule has 0 aliphatic carbocycles. The first kappa shape index (κ1) is 27.8. The number of carboxylic acids is 1. The van der Waals surface area contributed by atoms with Crippen LogP contribution >= 0.6 is 0 Å². The van der Waals surface area contributed by atoms with Crippen LogP contribution in [-0.2, 0) is 13.2 Å². The van der Waals surface area contributed by atoms with Gasteiger partial charge in [0, 0.05) is 41.8 Å². The van der Waals surface area contributed by atoms with Gasteiger partial charge in [-0.05, 0) is 74.1 Å². The topological polar surface area (TPSA) is 75.5 Å². The second-order valence-corrected chi connectivity index (χ2v) is 10.1. The van der Waals surface area contributed by atoms with Crippen molar-refractivity contribution in [3.05, 3.63) is 108 Å². The highest BCUT2D eigenvalue weighted by Gasteiger charge is 2.14. The normalized spacial score (nSPS) is 11.1. The second-order valence-electron chi connectivity index (χ2n) is 10.1. The fourth-order valence-corrected chi connectivity index (χ4v) is 4.76. The summed E-state index contributed by atoms with van der Waals surface area (Å²) in [5, 5.41) is 9.12. The maximum absolute atomic E-state index is 11.1. The van der Waals surface area contributed by atoms with Crippen LogP contribution < -0.4 is 9.64 Å². The van der Waals surface area contributed by atoms with Crippen molar-refractivity contribution in [1.29, 1.82) is 0 Å². The number of rotatable bonds is 12. The highest BCUT2D eigenvalue weighted by atomic mass is 16.5. The van der Waals surface area contributed by atoms with Crippen LogP contribution in [0.15, 0.2) is 85.3 Å². The molecule has 0 saturated carbocycles. The monoisotopic (exact) mass is 523 g/mol. The molecule has 4 aromatic rings. The van der Waals surface area contributed by atoms with Crippen LogP contribution in [0.2, 0.25) is 0 Å². The van der Waals surface area contributed by atoms with E-state index >= 15 is 0 Å². The molecule has 2 aromatic heterocycles. The summed E-state index contributed by atoms with van der Waals surface area (Å²) < 4.78 is 5.72. The molecule has 0 aliphatic rings. The first-order valence-corrected chi connectivity index (χ1v) is 13.6. The Balaban J connectivity index is 1.44. The lowest BCUT2D eigenvalue weighted by Crippen LogP contribution is -2.30. The summed E-state index contributed by atoms with van der Waals surface area (Å²) in [5.41, 5.74) is 6.81. The van der Waals surface area contributed by atoms with Gasteiger partial charge in [0.15, 0.2) is 0 Å². The van der Waals surface area contributed by atoms with E-state index in [1.807, 2.05) is 12.1 Å². The van der Waals surface area contributed by atoms with E-state index in [0.29, 0.717) is 17.7 Å². The van der Waals surface area contributed by atoms with Gasteiger partial charge in [-0.1, -0.05) is 50.2 Å². The molecule has 202 valence electrons. The zero-order valence-electron chi connectivity index (χ0n) is 23.2. The number of pyridine rings is 2. The first-order chi connectivity index (χ1) is 18.9. The van der Waals surface area contributed by atoms with Gasteiger partial charge >= 0.3 is 5.97 Å². The Morgan fingerprint density at radius 3 is 2.33 bits per heavy atom. The zero-order chi connectivity index (χ0) is 27.8. The van der Waals surface area contributed by atoms with E-state index < -0.39 is 5.97 Å². The Hall–Kier alpha value is -4.19. The number of aromatic nitrogens is 2. The van der Waals surface area contributed by atoms with Crippen LogP contribution in [0.1, 0.15) is 73.5 Å². The lowest BCUT2D eigenvalue weighted by molar-refractivity contribution is 0.0695. The molecule has 2 aromatic carbocycles. The molecule has 1 N–H and O–H groups in total. The van der Waals surface area contributed by atoms with Crippen molar-refractivity contribution in [2.75, 3.05) is 4.90 Å². The first-order valence-electron chi connectivity index (χ1n) is 13.6. The Morgan fingerprint density at radius 2 is 1.69 bits per heavy atom. The Kier molecular flexibility index (Phi) is 9.31. The van der Waals surface area contributed by atoms with Gasteiger partial charge in [-0.3, -0.25) is 9.97 Å². The summed E-state index contributed by atoms with van der Waals surface area (Å²) in [6, 6.07) is 23.4. The maximum Gasteiger partial charge on any atom is 0.337 e. The number of ether oxygens (including phenoxy) is 1. The van der Waals surface area contributed by atoms with Gasteiger partial charge in [0.1, 0.15) is 12.4 Å². The van der Waals surface area contributed by atoms with Crippen molar-refractivity contribution in [3.8, 4) is 17.0 Å². The Bertz CT molecular complexity index is 1360. The number of aromatic carboxylic acids is 1. The van der Waals surface area contributed by atoms with Gasteiger partial charge in [0.05, 0.1) is 17.5 Å². The quantitative estimate of drug-likeness (QED) is 0.205. The smallest absolute Gasteiger partial charge is 0.337 e. The number of hydrogen-bond acceptors (Lipinski definition) is 5. The third kappa shape index (κ3) is 7.23. The molecule has 6 nitrogen and oxygen atoms in total. The van der Waals surface area contributed by atoms with Gasteiger partial charge in [-0.25, -0.2) is 4.79 Å². The molecule has 2 heterocycles. The van der Waals surface area contributed by atoms with Crippen LogP contribution in [0.3, 0.4) is 0 Å². The van der Waals surface area contributed by atoms with Crippen LogP contribution in [0.4, 0.5) is 5.69 Å². The lowest BCUT2D eigenvalue weighted by atomic mass is 9.94. The van der Waals surface area contributed by atoms with E-state index in [9.17, 15) is 4.79 Å². The summed E-state index contributed by atoms with van der Waals surface area (Å²) >= 11 is 0. The number of carbonyl (C=O) groups is 1. The molecular formula is C33H37N3O3. The van der Waals surface area contributed by atoms with Crippen molar-refractivity contribution in [2.45, 2.75) is 65.6 Å². The van der Waals surface area contributed by atoms with Gasteiger partial charge in [0.2, 0.25) is 0 Å². The fourth-order valence-electron chi connectivity index (χ4n) is 4.76. The minimum Gasteiger partial charge on any atom is -0.487 e. The summed E-state index contributed by atoms with van der Waals surface area (Å²) in [4.78, 5) is 22.1. The summed E-state index contributed by atoms with van der Waals surface area (Å²) in [6.07, 6.45) is 6.91. The molecule has 0 spiro atoms. The Labute approximate surface area is 231 Å². The average molecular weight is 524 g/mol. The molecule has 0 aliphatic heterocycles. The van der Waals surface area contributed by atoms with E-state index in [0.717, 1.165) is 36.2 Å². The number of nitrogens with zero attached hydrogens (tertiary/aromatic N) is 3. The average Bonchev–Trinajstić information content (AvgIpc) is 2.96. The predicted octanol–water partition coefficient (Wildman–Crippen LogP) is 7.74.